The van der Waals surface area contributed by atoms with Crippen LogP contribution in [0.5, 0.6) is 0 Å². The molecule has 4 nitrogen and oxygen atoms in total. The zero-order valence-electron chi connectivity index (χ0n) is 11.7. The number of rotatable bonds is 4. The van der Waals surface area contributed by atoms with E-state index in [2.05, 4.69) is 16.0 Å². The van der Waals surface area contributed by atoms with Gasteiger partial charge in [0.1, 0.15) is 5.60 Å². The third kappa shape index (κ3) is 3.74. The minimum Gasteiger partial charge on any atom is -0.385 e. The van der Waals surface area contributed by atoms with E-state index in [0.717, 1.165) is 11.6 Å². The molecule has 3 rings (SSSR count). The van der Waals surface area contributed by atoms with Gasteiger partial charge < -0.3 is 20.5 Å². The second-order valence-electron chi connectivity index (χ2n) is 5.46. The fraction of sp³-hybridized carbons (Fsp3) is 0.467. The van der Waals surface area contributed by atoms with Crippen LogP contribution in [0.3, 0.4) is 0 Å². The maximum Gasteiger partial charge on any atom is 0.113 e. The van der Waals surface area contributed by atoms with Gasteiger partial charge >= 0.3 is 0 Å². The number of fused-ring (bicyclic) bond motifs is 1. The summed E-state index contributed by atoms with van der Waals surface area (Å²) in [5.74, 6) is 0. The van der Waals surface area contributed by atoms with E-state index in [1.165, 1.54) is 15.6 Å². The number of hydrogen-bond acceptors (Lipinski definition) is 5. The van der Waals surface area contributed by atoms with Crippen LogP contribution in [-0.4, -0.2) is 43.6 Å². The number of aliphatic hydroxyl groups is 1. The van der Waals surface area contributed by atoms with Crippen LogP contribution in [0.4, 0.5) is 0 Å². The molecule has 1 aliphatic rings. The molecule has 2 heterocycles. The maximum atomic E-state index is 10.5. The van der Waals surface area contributed by atoms with Gasteiger partial charge in [-0.25, -0.2) is 0 Å². The molecule has 1 aromatic heterocycles. The Balaban J connectivity index is 1.62. The summed E-state index contributed by atoms with van der Waals surface area (Å²) in [5.41, 5.74) is 0.364. The van der Waals surface area contributed by atoms with E-state index in [-0.39, 0.29) is 0 Å². The van der Waals surface area contributed by atoms with Crippen LogP contribution in [0.1, 0.15) is 5.56 Å². The quantitative estimate of drug-likeness (QED) is 0.804. The highest BCUT2D eigenvalue weighted by molar-refractivity contribution is 7.17. The minimum absolute atomic E-state index is 0.364. The van der Waals surface area contributed by atoms with Crippen molar-refractivity contribution >= 4 is 33.0 Å². The number of β-amino-alcohol motifs (C(OH)–C–C–N with tert-alkyl or cyclic N) is 1. The summed E-state index contributed by atoms with van der Waals surface area (Å²) in [7, 11) is 0. The minimum atomic E-state index is -0.847. The lowest BCUT2D eigenvalue weighted by molar-refractivity contribution is -0.0264. The van der Waals surface area contributed by atoms with Gasteiger partial charge in [0.25, 0.3) is 0 Å². The lowest BCUT2D eigenvalue weighted by Gasteiger charge is -2.26. The highest BCUT2D eigenvalue weighted by atomic mass is 35.5. The zero-order chi connectivity index (χ0) is 14.7. The highest BCUT2D eigenvalue weighted by Crippen LogP contribution is 2.28. The third-order valence-electron chi connectivity index (χ3n) is 3.63. The van der Waals surface area contributed by atoms with Gasteiger partial charge in [-0.3, -0.25) is 0 Å². The summed E-state index contributed by atoms with van der Waals surface area (Å²) in [4.78, 5) is 0. The Labute approximate surface area is 133 Å². The van der Waals surface area contributed by atoms with Crippen molar-refractivity contribution < 1.29 is 9.84 Å². The molecule has 0 bridgehead atoms. The predicted octanol–water partition coefficient (Wildman–Crippen LogP) is 2.00. The number of ether oxygens (including phenoxy) is 1. The van der Waals surface area contributed by atoms with Gasteiger partial charge in [-0.1, -0.05) is 11.6 Å². The van der Waals surface area contributed by atoms with Crippen LogP contribution in [-0.2, 0) is 11.3 Å². The molecule has 0 amide bonds. The van der Waals surface area contributed by atoms with Gasteiger partial charge in [-0.05, 0) is 34.5 Å². The smallest absolute Gasteiger partial charge is 0.113 e. The number of benzene rings is 1. The average molecular weight is 327 g/mol. The summed E-state index contributed by atoms with van der Waals surface area (Å²) in [6.07, 6.45) is 0. The molecule has 0 saturated carbocycles. The summed E-state index contributed by atoms with van der Waals surface area (Å²) in [5, 5.41) is 21.1. The monoisotopic (exact) mass is 326 g/mol. The Morgan fingerprint density at radius 2 is 2.38 bits per heavy atom. The standard InChI is InChI=1S/C15H19ClN2O2S/c16-12-1-2-14-13(5-12)11(7-21-14)6-18-9-15(19)8-17-3-4-20-10-15/h1-2,5,7,17-19H,3-4,6,8-10H2/t15-/m0/s1. The molecule has 21 heavy (non-hydrogen) atoms. The average Bonchev–Trinajstić information content (AvgIpc) is 2.72. The van der Waals surface area contributed by atoms with E-state index < -0.39 is 5.60 Å². The fourth-order valence-electron chi connectivity index (χ4n) is 2.51. The Kier molecular flexibility index (Phi) is 4.78. The van der Waals surface area contributed by atoms with E-state index in [4.69, 9.17) is 16.3 Å². The predicted molar refractivity (Wildman–Crippen MR) is 87.2 cm³/mol. The molecule has 1 atom stereocenters. The van der Waals surface area contributed by atoms with E-state index in [1.54, 1.807) is 11.3 Å². The second kappa shape index (κ2) is 6.60. The number of hydrogen-bond donors (Lipinski definition) is 3. The molecule has 6 heteroatoms. The van der Waals surface area contributed by atoms with E-state index in [0.29, 0.717) is 32.8 Å². The summed E-state index contributed by atoms with van der Waals surface area (Å²) >= 11 is 7.78. The Bertz CT molecular complexity index is 609. The molecule has 0 spiro atoms. The fourth-order valence-corrected chi connectivity index (χ4v) is 3.63. The molecule has 1 saturated heterocycles. The lowest BCUT2D eigenvalue weighted by Crippen LogP contribution is -2.50. The molecule has 1 fully saturated rings. The van der Waals surface area contributed by atoms with Gasteiger partial charge in [0.05, 0.1) is 13.2 Å². The molecular weight excluding hydrogens is 308 g/mol. The van der Waals surface area contributed by atoms with Crippen LogP contribution in [0.2, 0.25) is 5.02 Å². The second-order valence-corrected chi connectivity index (χ2v) is 6.81. The first kappa shape index (κ1) is 15.2. The highest BCUT2D eigenvalue weighted by Gasteiger charge is 2.28. The number of nitrogens with one attached hydrogen (secondary N) is 2. The molecule has 2 aromatic rings. The topological polar surface area (TPSA) is 53.5 Å². The molecule has 0 radical (unpaired) electrons. The lowest BCUT2D eigenvalue weighted by atomic mass is 10.1. The Hall–Kier alpha value is -0.690. The van der Waals surface area contributed by atoms with Crippen molar-refractivity contribution in [2.45, 2.75) is 12.1 Å². The van der Waals surface area contributed by atoms with Crippen molar-refractivity contribution in [3.8, 4) is 0 Å². The molecule has 0 aliphatic carbocycles. The van der Waals surface area contributed by atoms with Gasteiger partial charge in [0.15, 0.2) is 0 Å². The molecule has 114 valence electrons. The van der Waals surface area contributed by atoms with Crippen LogP contribution in [0, 0.1) is 0 Å². The third-order valence-corrected chi connectivity index (χ3v) is 4.88. The normalized spacial score (nSPS) is 23.3. The zero-order valence-corrected chi connectivity index (χ0v) is 13.3. The molecule has 3 N–H and O–H groups in total. The Morgan fingerprint density at radius 1 is 1.48 bits per heavy atom. The number of thiophene rings is 1. The first-order valence-corrected chi connectivity index (χ1v) is 8.29. The van der Waals surface area contributed by atoms with Crippen molar-refractivity contribution in [1.29, 1.82) is 0 Å². The first-order valence-electron chi connectivity index (χ1n) is 7.03. The van der Waals surface area contributed by atoms with Crippen LogP contribution in [0.15, 0.2) is 23.6 Å². The summed E-state index contributed by atoms with van der Waals surface area (Å²) in [6, 6.07) is 5.95. The van der Waals surface area contributed by atoms with Crippen molar-refractivity contribution in [1.82, 2.24) is 10.6 Å². The summed E-state index contributed by atoms with van der Waals surface area (Å²) in [6.45, 7) is 3.56. The molecular formula is C15H19ClN2O2S. The van der Waals surface area contributed by atoms with Crippen molar-refractivity contribution in [3.05, 3.63) is 34.2 Å². The van der Waals surface area contributed by atoms with Crippen LogP contribution in [0.25, 0.3) is 10.1 Å². The van der Waals surface area contributed by atoms with Gasteiger partial charge in [0.2, 0.25) is 0 Å². The Morgan fingerprint density at radius 3 is 3.29 bits per heavy atom. The van der Waals surface area contributed by atoms with Crippen molar-refractivity contribution in [2.75, 3.05) is 32.8 Å². The van der Waals surface area contributed by atoms with Gasteiger partial charge in [-0.15, -0.1) is 11.3 Å². The maximum absolute atomic E-state index is 10.5. The molecule has 1 aromatic carbocycles. The SMILES string of the molecule is O[C@]1(CNCc2csc3ccc(Cl)cc23)CNCCOC1. The number of halogens is 1. The van der Waals surface area contributed by atoms with E-state index in [9.17, 15) is 5.11 Å². The van der Waals surface area contributed by atoms with Crippen LogP contribution >= 0.6 is 22.9 Å². The largest absolute Gasteiger partial charge is 0.385 e. The van der Waals surface area contributed by atoms with E-state index in [1.807, 2.05) is 18.2 Å². The van der Waals surface area contributed by atoms with Crippen molar-refractivity contribution in [2.24, 2.45) is 0 Å². The first-order chi connectivity index (χ1) is 10.2. The molecule has 1 aliphatic heterocycles. The van der Waals surface area contributed by atoms with Crippen molar-refractivity contribution in [3.63, 3.8) is 0 Å². The molecule has 0 unspecified atom stereocenters. The van der Waals surface area contributed by atoms with Gasteiger partial charge in [0, 0.05) is 35.9 Å². The van der Waals surface area contributed by atoms with Gasteiger partial charge in [-0.2, -0.15) is 0 Å². The summed E-state index contributed by atoms with van der Waals surface area (Å²) < 4.78 is 6.65. The van der Waals surface area contributed by atoms with E-state index >= 15 is 0 Å². The van der Waals surface area contributed by atoms with Crippen LogP contribution < -0.4 is 10.6 Å².